The highest BCUT2D eigenvalue weighted by molar-refractivity contribution is 5.77. The van der Waals surface area contributed by atoms with E-state index in [0.717, 1.165) is 19.3 Å². The third-order valence-electron chi connectivity index (χ3n) is 7.23. The Kier molecular flexibility index (Phi) is 4.23. The third-order valence-corrected chi connectivity index (χ3v) is 7.23. The minimum absolute atomic E-state index is 0.000467. The summed E-state index contributed by atoms with van der Waals surface area (Å²) in [6.45, 7) is 9.20. The van der Waals surface area contributed by atoms with Crippen molar-refractivity contribution in [2.24, 2.45) is 28.6 Å². The van der Waals surface area contributed by atoms with Crippen LogP contribution < -0.4 is 0 Å². The number of carbonyl (C=O) groups excluding carboxylic acids is 1. The summed E-state index contributed by atoms with van der Waals surface area (Å²) in [5.41, 5.74) is 3.07. The van der Waals surface area contributed by atoms with Crippen LogP contribution in [0.3, 0.4) is 0 Å². The van der Waals surface area contributed by atoms with Gasteiger partial charge in [-0.05, 0) is 67.8 Å². The van der Waals surface area contributed by atoms with Crippen LogP contribution in [0.5, 0.6) is 0 Å². The van der Waals surface area contributed by atoms with Gasteiger partial charge in [-0.25, -0.2) is 0 Å². The highest BCUT2D eigenvalue weighted by Crippen LogP contribution is 2.62. The number of ether oxygens (including phenoxy) is 1. The number of methoxy groups -OCH3 is 1. The first kappa shape index (κ1) is 16.8. The molecule has 3 aliphatic carbocycles. The zero-order chi connectivity index (χ0) is 16.8. The molecule has 1 saturated carbocycles. The first-order valence-corrected chi connectivity index (χ1v) is 9.32. The van der Waals surface area contributed by atoms with Crippen molar-refractivity contribution in [1.29, 1.82) is 0 Å². The topological polar surface area (TPSA) is 26.3 Å². The third kappa shape index (κ3) is 2.49. The molecule has 1 fully saturated rings. The van der Waals surface area contributed by atoms with E-state index in [1.54, 1.807) is 18.3 Å². The predicted molar refractivity (Wildman–Crippen MR) is 93.9 cm³/mol. The Labute approximate surface area is 141 Å². The van der Waals surface area contributed by atoms with Crippen molar-refractivity contribution in [3.63, 3.8) is 0 Å². The SMILES string of the molecule is COC(=O)[C@]1(C)CCC[C@@]2(C)[C@@H]3CCC(C(C)C)=CC3=CC[C@@H]21. The first-order valence-electron chi connectivity index (χ1n) is 9.32. The van der Waals surface area contributed by atoms with Crippen LogP contribution in [0, 0.1) is 28.6 Å². The fourth-order valence-electron chi connectivity index (χ4n) is 5.82. The molecule has 4 atom stereocenters. The normalized spacial score (nSPS) is 39.9. The molecule has 23 heavy (non-hydrogen) atoms. The lowest BCUT2D eigenvalue weighted by Crippen LogP contribution is -2.53. The summed E-state index contributed by atoms with van der Waals surface area (Å²) in [5.74, 6) is 1.68. The van der Waals surface area contributed by atoms with Gasteiger partial charge in [0.2, 0.25) is 0 Å². The summed E-state index contributed by atoms with van der Waals surface area (Å²) in [6, 6.07) is 0. The van der Waals surface area contributed by atoms with Gasteiger partial charge in [-0.1, -0.05) is 44.9 Å². The van der Waals surface area contributed by atoms with Crippen LogP contribution >= 0.6 is 0 Å². The van der Waals surface area contributed by atoms with Gasteiger partial charge in [0.1, 0.15) is 0 Å². The Morgan fingerprint density at radius 2 is 2.04 bits per heavy atom. The van der Waals surface area contributed by atoms with Crippen LogP contribution in [0.2, 0.25) is 0 Å². The standard InChI is InChI=1S/C21H32O2/c1-14(2)15-7-9-17-16(13-15)8-10-18-20(17,3)11-6-12-21(18,4)19(22)23-5/h8,13-14,17-18H,6-7,9-12H2,1-5H3/t17-,18+,20+,21-/m1/s1. The number of hydrogen-bond acceptors (Lipinski definition) is 2. The number of esters is 1. The molecule has 0 N–H and O–H groups in total. The molecule has 3 aliphatic rings. The van der Waals surface area contributed by atoms with Crippen LogP contribution in [0.1, 0.15) is 66.2 Å². The van der Waals surface area contributed by atoms with Crippen molar-refractivity contribution in [3.05, 3.63) is 23.3 Å². The van der Waals surface area contributed by atoms with E-state index in [-0.39, 0.29) is 16.8 Å². The van der Waals surface area contributed by atoms with E-state index in [2.05, 4.69) is 39.8 Å². The molecule has 0 spiro atoms. The highest BCUT2D eigenvalue weighted by atomic mass is 16.5. The molecule has 3 rings (SSSR count). The minimum Gasteiger partial charge on any atom is -0.469 e. The molecule has 0 aromatic carbocycles. The van der Waals surface area contributed by atoms with E-state index < -0.39 is 0 Å². The Balaban J connectivity index is 1.99. The van der Waals surface area contributed by atoms with E-state index in [9.17, 15) is 4.79 Å². The average Bonchev–Trinajstić information content (AvgIpc) is 2.53. The smallest absolute Gasteiger partial charge is 0.311 e. The summed E-state index contributed by atoms with van der Waals surface area (Å²) >= 11 is 0. The molecular weight excluding hydrogens is 284 g/mol. The number of hydrogen-bond donors (Lipinski definition) is 0. The molecule has 0 aromatic rings. The monoisotopic (exact) mass is 316 g/mol. The zero-order valence-electron chi connectivity index (χ0n) is 15.4. The van der Waals surface area contributed by atoms with Crippen molar-refractivity contribution in [3.8, 4) is 0 Å². The van der Waals surface area contributed by atoms with Crippen molar-refractivity contribution >= 4 is 5.97 Å². The lowest BCUT2D eigenvalue weighted by atomic mass is 9.47. The molecular formula is C21H32O2. The van der Waals surface area contributed by atoms with Crippen molar-refractivity contribution in [2.75, 3.05) is 7.11 Å². The second-order valence-electron chi connectivity index (χ2n) is 8.73. The molecule has 0 bridgehead atoms. The van der Waals surface area contributed by atoms with E-state index in [0.29, 0.717) is 17.8 Å². The van der Waals surface area contributed by atoms with Gasteiger partial charge >= 0.3 is 5.97 Å². The molecule has 0 unspecified atom stereocenters. The van der Waals surface area contributed by atoms with Crippen LogP contribution in [0.15, 0.2) is 23.3 Å². The van der Waals surface area contributed by atoms with Crippen molar-refractivity contribution < 1.29 is 9.53 Å². The maximum atomic E-state index is 12.5. The molecule has 0 aromatic heterocycles. The van der Waals surface area contributed by atoms with Crippen LogP contribution in [0.25, 0.3) is 0 Å². The minimum atomic E-state index is -0.314. The van der Waals surface area contributed by atoms with E-state index in [1.807, 2.05) is 0 Å². The van der Waals surface area contributed by atoms with Crippen LogP contribution in [-0.2, 0) is 9.53 Å². The van der Waals surface area contributed by atoms with E-state index >= 15 is 0 Å². The quantitative estimate of drug-likeness (QED) is 0.647. The van der Waals surface area contributed by atoms with Crippen LogP contribution in [-0.4, -0.2) is 13.1 Å². The highest BCUT2D eigenvalue weighted by Gasteiger charge is 2.57. The largest absolute Gasteiger partial charge is 0.469 e. The van der Waals surface area contributed by atoms with E-state index in [4.69, 9.17) is 4.74 Å². The van der Waals surface area contributed by atoms with Gasteiger partial charge in [0.25, 0.3) is 0 Å². The zero-order valence-corrected chi connectivity index (χ0v) is 15.4. The lowest BCUT2D eigenvalue weighted by Gasteiger charge is -2.57. The molecule has 0 radical (unpaired) electrons. The Hall–Kier alpha value is -1.05. The summed E-state index contributed by atoms with van der Waals surface area (Å²) < 4.78 is 5.20. The number of fused-ring (bicyclic) bond motifs is 3. The van der Waals surface area contributed by atoms with E-state index in [1.165, 1.54) is 19.3 Å². The second-order valence-corrected chi connectivity index (χ2v) is 8.73. The first-order chi connectivity index (χ1) is 10.8. The van der Waals surface area contributed by atoms with Crippen molar-refractivity contribution in [1.82, 2.24) is 0 Å². The lowest BCUT2D eigenvalue weighted by molar-refractivity contribution is -0.166. The molecule has 0 aliphatic heterocycles. The maximum Gasteiger partial charge on any atom is 0.311 e. The fourth-order valence-corrected chi connectivity index (χ4v) is 5.82. The Morgan fingerprint density at radius 3 is 2.70 bits per heavy atom. The number of allylic oxidation sites excluding steroid dienone is 4. The van der Waals surface area contributed by atoms with Gasteiger partial charge in [0.05, 0.1) is 12.5 Å². The van der Waals surface area contributed by atoms with Crippen LogP contribution in [0.4, 0.5) is 0 Å². The number of carbonyl (C=O) groups is 1. The number of rotatable bonds is 2. The van der Waals surface area contributed by atoms with Gasteiger partial charge < -0.3 is 4.74 Å². The fraction of sp³-hybridized carbons (Fsp3) is 0.762. The summed E-state index contributed by atoms with van der Waals surface area (Å²) in [4.78, 5) is 12.5. The predicted octanol–water partition coefficient (Wildman–Crippen LogP) is 5.29. The Bertz CT molecular complexity index is 556. The Morgan fingerprint density at radius 1 is 1.30 bits per heavy atom. The van der Waals surface area contributed by atoms with Gasteiger partial charge in [0.15, 0.2) is 0 Å². The molecule has 128 valence electrons. The van der Waals surface area contributed by atoms with Gasteiger partial charge in [-0.15, -0.1) is 0 Å². The van der Waals surface area contributed by atoms with Gasteiger partial charge in [0, 0.05) is 0 Å². The second kappa shape index (κ2) is 5.79. The van der Waals surface area contributed by atoms with Gasteiger partial charge in [-0.2, -0.15) is 0 Å². The summed E-state index contributed by atoms with van der Waals surface area (Å²) in [5, 5.41) is 0. The molecule has 2 heteroatoms. The average molecular weight is 316 g/mol. The molecule has 2 nitrogen and oxygen atoms in total. The summed E-state index contributed by atoms with van der Waals surface area (Å²) in [6.07, 6.45) is 11.8. The summed E-state index contributed by atoms with van der Waals surface area (Å²) in [7, 11) is 1.54. The maximum absolute atomic E-state index is 12.5. The molecule has 0 amide bonds. The van der Waals surface area contributed by atoms with Crippen molar-refractivity contribution in [2.45, 2.75) is 66.2 Å². The molecule has 0 heterocycles. The molecule has 0 saturated heterocycles. The van der Waals surface area contributed by atoms with Gasteiger partial charge in [-0.3, -0.25) is 4.79 Å².